The Morgan fingerprint density at radius 3 is 2.26 bits per heavy atom. The maximum atomic E-state index is 6.04. The first-order valence-electron chi connectivity index (χ1n) is 10.6. The summed E-state index contributed by atoms with van der Waals surface area (Å²) in [4.78, 5) is 6.97. The van der Waals surface area contributed by atoms with Crippen LogP contribution in [0.25, 0.3) is 0 Å². The van der Waals surface area contributed by atoms with Crippen LogP contribution in [0.5, 0.6) is 11.5 Å². The van der Waals surface area contributed by atoms with Gasteiger partial charge in [-0.2, -0.15) is 0 Å². The summed E-state index contributed by atoms with van der Waals surface area (Å²) < 4.78 is 10.6. The lowest BCUT2D eigenvalue weighted by atomic mass is 9.99. The number of benzene rings is 2. The SMILES string of the molecule is COc1ccc(CN=C(N)NCc2ccc(CN3CCC(C)CC3)cc2)cc1OC.I. The van der Waals surface area contributed by atoms with E-state index in [1.165, 1.54) is 37.1 Å². The summed E-state index contributed by atoms with van der Waals surface area (Å²) >= 11 is 0. The van der Waals surface area contributed by atoms with Gasteiger partial charge in [0.1, 0.15) is 0 Å². The fourth-order valence-electron chi connectivity index (χ4n) is 3.64. The summed E-state index contributed by atoms with van der Waals surface area (Å²) in [6, 6.07) is 14.5. The van der Waals surface area contributed by atoms with E-state index in [0.29, 0.717) is 30.5 Å². The zero-order valence-corrected chi connectivity index (χ0v) is 21.1. The Morgan fingerprint density at radius 1 is 1.00 bits per heavy atom. The van der Waals surface area contributed by atoms with E-state index in [9.17, 15) is 0 Å². The molecule has 0 bridgehead atoms. The molecule has 1 aliphatic heterocycles. The number of nitrogens with two attached hydrogens (primary N) is 1. The molecule has 0 saturated carbocycles. The number of halogens is 1. The molecule has 2 aromatic rings. The highest BCUT2D eigenvalue weighted by atomic mass is 127. The molecule has 31 heavy (non-hydrogen) atoms. The number of nitrogens with zero attached hydrogens (tertiary/aromatic N) is 2. The van der Waals surface area contributed by atoms with Gasteiger partial charge in [0.05, 0.1) is 20.8 Å². The van der Waals surface area contributed by atoms with Crippen molar-refractivity contribution in [1.29, 1.82) is 0 Å². The molecule has 0 unspecified atom stereocenters. The molecule has 1 heterocycles. The average molecular weight is 538 g/mol. The van der Waals surface area contributed by atoms with Crippen molar-refractivity contribution < 1.29 is 9.47 Å². The van der Waals surface area contributed by atoms with Crippen LogP contribution in [-0.2, 0) is 19.6 Å². The Bertz CT molecular complexity index is 834. The van der Waals surface area contributed by atoms with E-state index in [1.807, 2.05) is 18.2 Å². The number of ether oxygens (including phenoxy) is 2. The van der Waals surface area contributed by atoms with E-state index in [-0.39, 0.29) is 24.0 Å². The molecule has 0 radical (unpaired) electrons. The highest BCUT2D eigenvalue weighted by Crippen LogP contribution is 2.27. The molecule has 3 rings (SSSR count). The fourth-order valence-corrected chi connectivity index (χ4v) is 3.64. The Balaban J connectivity index is 0.00000341. The Hall–Kier alpha value is -2.00. The van der Waals surface area contributed by atoms with E-state index in [1.54, 1.807) is 14.2 Å². The Labute approximate surface area is 203 Å². The predicted molar refractivity (Wildman–Crippen MR) is 137 cm³/mol. The molecular weight excluding hydrogens is 503 g/mol. The molecular formula is C24H35IN4O2. The first kappa shape index (κ1) is 25.3. The van der Waals surface area contributed by atoms with Crippen LogP contribution < -0.4 is 20.5 Å². The summed E-state index contributed by atoms with van der Waals surface area (Å²) in [5.74, 6) is 2.69. The number of nitrogens with one attached hydrogen (secondary N) is 1. The number of hydrogen-bond donors (Lipinski definition) is 2. The predicted octanol–water partition coefficient (Wildman–Crippen LogP) is 4.16. The zero-order valence-electron chi connectivity index (χ0n) is 18.8. The third-order valence-corrected chi connectivity index (χ3v) is 5.66. The van der Waals surface area contributed by atoms with Crippen molar-refractivity contribution in [2.24, 2.45) is 16.6 Å². The Kier molecular flexibility index (Phi) is 10.4. The molecule has 3 N–H and O–H groups in total. The highest BCUT2D eigenvalue weighted by Gasteiger charge is 2.15. The third kappa shape index (κ3) is 7.88. The zero-order chi connectivity index (χ0) is 21.3. The molecule has 0 aliphatic carbocycles. The quantitative estimate of drug-likeness (QED) is 0.300. The third-order valence-electron chi connectivity index (χ3n) is 5.66. The second kappa shape index (κ2) is 12.8. The van der Waals surface area contributed by atoms with Crippen LogP contribution in [0.15, 0.2) is 47.5 Å². The number of piperidine rings is 1. The summed E-state index contributed by atoms with van der Waals surface area (Å²) in [7, 11) is 3.25. The summed E-state index contributed by atoms with van der Waals surface area (Å²) in [5.41, 5.74) is 9.60. The van der Waals surface area contributed by atoms with Gasteiger partial charge in [-0.05, 0) is 60.7 Å². The van der Waals surface area contributed by atoms with Crippen molar-refractivity contribution in [1.82, 2.24) is 10.2 Å². The van der Waals surface area contributed by atoms with E-state index >= 15 is 0 Å². The van der Waals surface area contributed by atoms with Gasteiger partial charge in [-0.3, -0.25) is 4.90 Å². The van der Waals surface area contributed by atoms with Crippen LogP contribution in [0.3, 0.4) is 0 Å². The van der Waals surface area contributed by atoms with Crippen molar-refractivity contribution in [2.45, 2.75) is 39.4 Å². The maximum Gasteiger partial charge on any atom is 0.189 e. The van der Waals surface area contributed by atoms with Gasteiger partial charge in [0, 0.05) is 13.1 Å². The average Bonchev–Trinajstić information content (AvgIpc) is 2.78. The number of guanidine groups is 1. The smallest absolute Gasteiger partial charge is 0.189 e. The minimum absolute atomic E-state index is 0. The molecule has 0 atom stereocenters. The normalized spacial score (nSPS) is 15.3. The van der Waals surface area contributed by atoms with Gasteiger partial charge < -0.3 is 20.5 Å². The maximum absolute atomic E-state index is 6.04. The van der Waals surface area contributed by atoms with Crippen molar-refractivity contribution in [3.63, 3.8) is 0 Å². The number of methoxy groups -OCH3 is 2. The van der Waals surface area contributed by atoms with Crippen LogP contribution in [0.4, 0.5) is 0 Å². The molecule has 170 valence electrons. The van der Waals surface area contributed by atoms with Crippen LogP contribution in [-0.4, -0.2) is 38.2 Å². The molecule has 7 heteroatoms. The van der Waals surface area contributed by atoms with Crippen molar-refractivity contribution in [2.75, 3.05) is 27.3 Å². The molecule has 0 spiro atoms. The summed E-state index contributed by atoms with van der Waals surface area (Å²) in [6.07, 6.45) is 2.62. The minimum atomic E-state index is 0. The van der Waals surface area contributed by atoms with Crippen LogP contribution in [0.2, 0.25) is 0 Å². The fraction of sp³-hybridized carbons (Fsp3) is 0.458. The Morgan fingerprint density at radius 2 is 1.61 bits per heavy atom. The second-order valence-corrected chi connectivity index (χ2v) is 8.02. The number of hydrogen-bond acceptors (Lipinski definition) is 4. The second-order valence-electron chi connectivity index (χ2n) is 8.02. The molecule has 0 amide bonds. The number of likely N-dealkylation sites (tertiary alicyclic amines) is 1. The van der Waals surface area contributed by atoms with Gasteiger partial charge in [-0.15, -0.1) is 24.0 Å². The van der Waals surface area contributed by atoms with Gasteiger partial charge in [-0.25, -0.2) is 4.99 Å². The molecule has 1 fully saturated rings. The largest absolute Gasteiger partial charge is 0.493 e. The first-order valence-corrected chi connectivity index (χ1v) is 10.6. The van der Waals surface area contributed by atoms with Gasteiger partial charge in [-0.1, -0.05) is 37.3 Å². The van der Waals surface area contributed by atoms with E-state index in [0.717, 1.165) is 18.0 Å². The standard InChI is InChI=1S/C24H34N4O2.HI/c1-18-10-12-28(13-11-18)17-20-6-4-19(5-7-20)15-26-24(25)27-16-21-8-9-22(29-2)23(14-21)30-3;/h4-9,14,18H,10-13,15-17H2,1-3H3,(H3,25,26,27);1H. The van der Waals surface area contributed by atoms with Crippen molar-refractivity contribution >= 4 is 29.9 Å². The number of aliphatic imine (C=N–C) groups is 1. The van der Waals surface area contributed by atoms with E-state index < -0.39 is 0 Å². The highest BCUT2D eigenvalue weighted by molar-refractivity contribution is 14.0. The van der Waals surface area contributed by atoms with Gasteiger partial charge >= 0.3 is 0 Å². The van der Waals surface area contributed by atoms with Gasteiger partial charge in [0.2, 0.25) is 0 Å². The molecule has 0 aromatic heterocycles. The summed E-state index contributed by atoms with van der Waals surface area (Å²) in [5, 5.41) is 3.19. The van der Waals surface area contributed by atoms with Crippen LogP contribution in [0, 0.1) is 5.92 Å². The van der Waals surface area contributed by atoms with E-state index in [2.05, 4.69) is 46.4 Å². The lowest BCUT2D eigenvalue weighted by molar-refractivity contribution is 0.185. The topological polar surface area (TPSA) is 72.1 Å². The minimum Gasteiger partial charge on any atom is -0.493 e. The summed E-state index contributed by atoms with van der Waals surface area (Å²) in [6.45, 7) is 6.93. The van der Waals surface area contributed by atoms with Crippen LogP contribution >= 0.6 is 24.0 Å². The first-order chi connectivity index (χ1) is 14.6. The van der Waals surface area contributed by atoms with Gasteiger partial charge in [0.15, 0.2) is 17.5 Å². The van der Waals surface area contributed by atoms with Crippen LogP contribution in [0.1, 0.15) is 36.5 Å². The number of rotatable bonds is 8. The monoisotopic (exact) mass is 538 g/mol. The lowest BCUT2D eigenvalue weighted by Crippen LogP contribution is -2.32. The molecule has 1 saturated heterocycles. The van der Waals surface area contributed by atoms with Gasteiger partial charge in [0.25, 0.3) is 0 Å². The lowest BCUT2D eigenvalue weighted by Gasteiger charge is -2.30. The molecule has 2 aromatic carbocycles. The van der Waals surface area contributed by atoms with Crippen molar-refractivity contribution in [3.8, 4) is 11.5 Å². The molecule has 6 nitrogen and oxygen atoms in total. The van der Waals surface area contributed by atoms with Crippen molar-refractivity contribution in [3.05, 3.63) is 59.2 Å². The van der Waals surface area contributed by atoms with E-state index in [4.69, 9.17) is 15.2 Å². The molecule has 1 aliphatic rings.